The van der Waals surface area contributed by atoms with E-state index in [0.717, 1.165) is 34.9 Å². The standard InChI is InChI=1S/C16H11BrFNO/c17-11-4-6-15(10(8-11)9-19)20-16-7-5-14(18)12-2-1-3-13(12)16/h4-8H,1-3H2. The molecule has 0 aliphatic heterocycles. The summed E-state index contributed by atoms with van der Waals surface area (Å²) in [6, 6.07) is 10.5. The second kappa shape index (κ2) is 5.26. The first-order valence-corrected chi connectivity index (χ1v) is 7.16. The predicted octanol–water partition coefficient (Wildman–Crippen LogP) is 4.74. The average molecular weight is 332 g/mol. The second-order valence-corrected chi connectivity index (χ2v) is 5.63. The van der Waals surface area contributed by atoms with Gasteiger partial charge in [0.25, 0.3) is 0 Å². The maximum Gasteiger partial charge on any atom is 0.145 e. The first kappa shape index (κ1) is 13.1. The van der Waals surface area contributed by atoms with Crippen LogP contribution in [0.1, 0.15) is 23.1 Å². The molecule has 0 bridgehead atoms. The summed E-state index contributed by atoms with van der Waals surface area (Å²) < 4.78 is 20.4. The minimum atomic E-state index is -0.166. The summed E-state index contributed by atoms with van der Waals surface area (Å²) in [6.45, 7) is 0. The fourth-order valence-electron chi connectivity index (χ4n) is 2.52. The van der Waals surface area contributed by atoms with E-state index in [1.807, 2.05) is 6.07 Å². The Morgan fingerprint density at radius 3 is 2.65 bits per heavy atom. The molecular formula is C16H11BrFNO. The third-order valence-corrected chi connectivity index (χ3v) is 3.96. The van der Waals surface area contributed by atoms with Crippen LogP contribution in [0.2, 0.25) is 0 Å². The summed E-state index contributed by atoms with van der Waals surface area (Å²) in [4.78, 5) is 0. The van der Waals surface area contributed by atoms with Gasteiger partial charge in [-0.05, 0) is 55.2 Å². The van der Waals surface area contributed by atoms with Gasteiger partial charge in [0.1, 0.15) is 23.4 Å². The van der Waals surface area contributed by atoms with Crippen molar-refractivity contribution in [2.75, 3.05) is 0 Å². The van der Waals surface area contributed by atoms with Crippen LogP contribution < -0.4 is 4.74 Å². The van der Waals surface area contributed by atoms with Crippen molar-refractivity contribution in [1.82, 2.24) is 0 Å². The average Bonchev–Trinajstić information content (AvgIpc) is 2.94. The molecule has 100 valence electrons. The van der Waals surface area contributed by atoms with Gasteiger partial charge in [-0.2, -0.15) is 5.26 Å². The van der Waals surface area contributed by atoms with Crippen LogP contribution in [-0.4, -0.2) is 0 Å². The maximum absolute atomic E-state index is 13.7. The number of nitriles is 1. The maximum atomic E-state index is 13.7. The summed E-state index contributed by atoms with van der Waals surface area (Å²) in [7, 11) is 0. The van der Waals surface area contributed by atoms with E-state index in [4.69, 9.17) is 10.00 Å². The molecule has 0 heterocycles. The van der Waals surface area contributed by atoms with Gasteiger partial charge in [0.05, 0.1) is 5.56 Å². The van der Waals surface area contributed by atoms with Gasteiger partial charge in [-0.1, -0.05) is 15.9 Å². The topological polar surface area (TPSA) is 33.0 Å². The molecular weight excluding hydrogens is 321 g/mol. The third kappa shape index (κ3) is 2.30. The largest absolute Gasteiger partial charge is 0.456 e. The van der Waals surface area contributed by atoms with Gasteiger partial charge < -0.3 is 4.74 Å². The van der Waals surface area contributed by atoms with E-state index in [9.17, 15) is 4.39 Å². The van der Waals surface area contributed by atoms with Crippen molar-refractivity contribution in [2.24, 2.45) is 0 Å². The van der Waals surface area contributed by atoms with Gasteiger partial charge in [-0.15, -0.1) is 0 Å². The molecule has 0 spiro atoms. The van der Waals surface area contributed by atoms with Crippen LogP contribution in [0.5, 0.6) is 11.5 Å². The van der Waals surface area contributed by atoms with Gasteiger partial charge in [0, 0.05) is 10.0 Å². The molecule has 0 amide bonds. The molecule has 0 saturated carbocycles. The van der Waals surface area contributed by atoms with E-state index >= 15 is 0 Å². The molecule has 0 fully saturated rings. The zero-order valence-electron chi connectivity index (χ0n) is 10.6. The Kier molecular flexibility index (Phi) is 3.45. The lowest BCUT2D eigenvalue weighted by Crippen LogP contribution is -1.95. The first-order chi connectivity index (χ1) is 9.69. The highest BCUT2D eigenvalue weighted by atomic mass is 79.9. The Hall–Kier alpha value is -1.86. The molecule has 2 aromatic carbocycles. The number of hydrogen-bond donors (Lipinski definition) is 0. The summed E-state index contributed by atoms with van der Waals surface area (Å²) in [6.07, 6.45) is 2.52. The molecule has 3 rings (SSSR count). The number of nitrogens with zero attached hydrogens (tertiary/aromatic N) is 1. The van der Waals surface area contributed by atoms with Gasteiger partial charge in [0.2, 0.25) is 0 Å². The van der Waals surface area contributed by atoms with Crippen molar-refractivity contribution in [1.29, 1.82) is 5.26 Å². The van der Waals surface area contributed by atoms with Crippen molar-refractivity contribution >= 4 is 15.9 Å². The summed E-state index contributed by atoms with van der Waals surface area (Å²) >= 11 is 3.33. The lowest BCUT2D eigenvalue weighted by Gasteiger charge is -2.12. The number of hydrogen-bond acceptors (Lipinski definition) is 2. The summed E-state index contributed by atoms with van der Waals surface area (Å²) in [5.41, 5.74) is 2.13. The zero-order valence-corrected chi connectivity index (χ0v) is 12.2. The van der Waals surface area contributed by atoms with Crippen molar-refractivity contribution < 1.29 is 9.13 Å². The number of ether oxygens (including phenoxy) is 1. The lowest BCUT2D eigenvalue weighted by molar-refractivity contribution is 0.473. The van der Waals surface area contributed by atoms with Crippen LogP contribution >= 0.6 is 15.9 Å². The first-order valence-electron chi connectivity index (χ1n) is 6.37. The van der Waals surface area contributed by atoms with Crippen LogP contribution in [-0.2, 0) is 12.8 Å². The molecule has 20 heavy (non-hydrogen) atoms. The van der Waals surface area contributed by atoms with Crippen LogP contribution in [0, 0.1) is 17.1 Å². The van der Waals surface area contributed by atoms with Crippen LogP contribution in [0.15, 0.2) is 34.8 Å². The van der Waals surface area contributed by atoms with Gasteiger partial charge in [-0.3, -0.25) is 0 Å². The van der Waals surface area contributed by atoms with E-state index < -0.39 is 0 Å². The highest BCUT2D eigenvalue weighted by molar-refractivity contribution is 9.10. The van der Waals surface area contributed by atoms with Gasteiger partial charge >= 0.3 is 0 Å². The molecule has 0 atom stereocenters. The van der Waals surface area contributed by atoms with Gasteiger partial charge in [0.15, 0.2) is 0 Å². The molecule has 0 unspecified atom stereocenters. The molecule has 0 N–H and O–H groups in total. The second-order valence-electron chi connectivity index (χ2n) is 4.71. The fraction of sp³-hybridized carbons (Fsp3) is 0.188. The van der Waals surface area contributed by atoms with Crippen molar-refractivity contribution in [3.8, 4) is 17.6 Å². The normalized spacial score (nSPS) is 12.8. The molecule has 0 saturated heterocycles. The number of rotatable bonds is 2. The Bertz CT molecular complexity index is 721. The Labute approximate surface area is 124 Å². The van der Waals surface area contributed by atoms with E-state index in [1.165, 1.54) is 6.07 Å². The predicted molar refractivity (Wildman–Crippen MR) is 77.4 cm³/mol. The quantitative estimate of drug-likeness (QED) is 0.796. The Morgan fingerprint density at radius 1 is 1.10 bits per heavy atom. The third-order valence-electron chi connectivity index (χ3n) is 3.47. The molecule has 1 aliphatic rings. The number of benzene rings is 2. The van der Waals surface area contributed by atoms with Crippen LogP contribution in [0.4, 0.5) is 4.39 Å². The van der Waals surface area contributed by atoms with E-state index in [1.54, 1.807) is 18.2 Å². The molecule has 4 heteroatoms. The molecule has 1 aliphatic carbocycles. The number of halogens is 2. The Morgan fingerprint density at radius 2 is 1.85 bits per heavy atom. The van der Waals surface area contributed by atoms with Crippen molar-refractivity contribution in [3.63, 3.8) is 0 Å². The monoisotopic (exact) mass is 331 g/mol. The minimum absolute atomic E-state index is 0.166. The van der Waals surface area contributed by atoms with E-state index in [0.29, 0.717) is 17.1 Å². The highest BCUT2D eigenvalue weighted by Gasteiger charge is 2.20. The highest BCUT2D eigenvalue weighted by Crippen LogP contribution is 2.36. The van der Waals surface area contributed by atoms with Gasteiger partial charge in [-0.25, -0.2) is 4.39 Å². The fourth-order valence-corrected chi connectivity index (χ4v) is 2.88. The SMILES string of the molecule is N#Cc1cc(Br)ccc1Oc1ccc(F)c2c1CCC2. The number of fused-ring (bicyclic) bond motifs is 1. The zero-order chi connectivity index (χ0) is 14.1. The van der Waals surface area contributed by atoms with Crippen LogP contribution in [0.25, 0.3) is 0 Å². The molecule has 2 nitrogen and oxygen atoms in total. The lowest BCUT2D eigenvalue weighted by atomic mass is 10.1. The van der Waals surface area contributed by atoms with Crippen LogP contribution in [0.3, 0.4) is 0 Å². The van der Waals surface area contributed by atoms with Crippen molar-refractivity contribution in [3.05, 3.63) is 57.3 Å². The smallest absolute Gasteiger partial charge is 0.145 e. The molecule has 0 radical (unpaired) electrons. The molecule has 0 aromatic heterocycles. The van der Waals surface area contributed by atoms with E-state index in [-0.39, 0.29) is 5.82 Å². The minimum Gasteiger partial charge on any atom is -0.456 e. The summed E-state index contributed by atoms with van der Waals surface area (Å²) in [5, 5.41) is 9.15. The summed E-state index contributed by atoms with van der Waals surface area (Å²) in [5.74, 6) is 0.982. The van der Waals surface area contributed by atoms with Crippen molar-refractivity contribution in [2.45, 2.75) is 19.3 Å². The van der Waals surface area contributed by atoms with E-state index in [2.05, 4.69) is 22.0 Å². The Balaban J connectivity index is 2.01. The molecule has 2 aromatic rings.